The molecule has 0 aromatic heterocycles. The first-order valence-corrected chi connectivity index (χ1v) is 5.37. The van der Waals surface area contributed by atoms with E-state index in [1.54, 1.807) is 0 Å². The van der Waals surface area contributed by atoms with Gasteiger partial charge < -0.3 is 0 Å². The van der Waals surface area contributed by atoms with Crippen molar-refractivity contribution in [2.45, 2.75) is 33.1 Å². The molecule has 0 aliphatic heterocycles. The molecule has 0 N–H and O–H groups in total. The van der Waals surface area contributed by atoms with Crippen LogP contribution in [0.3, 0.4) is 0 Å². The van der Waals surface area contributed by atoms with Gasteiger partial charge in [-0.15, -0.1) is 0 Å². The quantitative estimate of drug-likeness (QED) is 0.564. The standard InChI is InChI=1S/C12H18O/c1-8(2)11-5-3-4-9-6-10(13)7-12(9)11/h3,5,8-9,11-12H,4,6-7H2,1-2H3/t9-,11+,12+/m1/s1. The van der Waals surface area contributed by atoms with E-state index in [-0.39, 0.29) is 0 Å². The number of Topliss-reactive ketones (excluding diaryl/α,β-unsaturated/α-hetero) is 1. The van der Waals surface area contributed by atoms with Crippen LogP contribution in [-0.4, -0.2) is 5.78 Å². The van der Waals surface area contributed by atoms with Gasteiger partial charge in [0.15, 0.2) is 0 Å². The van der Waals surface area contributed by atoms with Gasteiger partial charge in [0.25, 0.3) is 0 Å². The number of hydrogen-bond donors (Lipinski definition) is 0. The minimum absolute atomic E-state index is 0.490. The minimum Gasteiger partial charge on any atom is -0.300 e. The summed E-state index contributed by atoms with van der Waals surface area (Å²) in [6.45, 7) is 4.53. The van der Waals surface area contributed by atoms with Gasteiger partial charge >= 0.3 is 0 Å². The fourth-order valence-electron chi connectivity index (χ4n) is 2.94. The number of rotatable bonds is 1. The molecule has 0 amide bonds. The average molecular weight is 178 g/mol. The predicted octanol–water partition coefficient (Wildman–Crippen LogP) is 2.81. The Morgan fingerprint density at radius 3 is 2.85 bits per heavy atom. The molecule has 1 nitrogen and oxygen atoms in total. The van der Waals surface area contributed by atoms with Crippen molar-refractivity contribution in [3.63, 3.8) is 0 Å². The number of ketones is 1. The molecule has 0 radical (unpaired) electrons. The van der Waals surface area contributed by atoms with Gasteiger partial charge in [-0.2, -0.15) is 0 Å². The summed E-state index contributed by atoms with van der Waals surface area (Å²) < 4.78 is 0. The Balaban J connectivity index is 2.16. The van der Waals surface area contributed by atoms with Crippen LogP contribution in [0.15, 0.2) is 12.2 Å². The smallest absolute Gasteiger partial charge is 0.133 e. The molecule has 0 aromatic carbocycles. The summed E-state index contributed by atoms with van der Waals surface area (Å²) in [5.41, 5.74) is 0. The van der Waals surface area contributed by atoms with Crippen LogP contribution >= 0.6 is 0 Å². The van der Waals surface area contributed by atoms with Gasteiger partial charge in [0.1, 0.15) is 5.78 Å². The molecular weight excluding hydrogens is 160 g/mol. The lowest BCUT2D eigenvalue weighted by Crippen LogP contribution is -2.24. The van der Waals surface area contributed by atoms with Crippen molar-refractivity contribution in [2.75, 3.05) is 0 Å². The van der Waals surface area contributed by atoms with Gasteiger partial charge in [-0.25, -0.2) is 0 Å². The topological polar surface area (TPSA) is 17.1 Å². The molecule has 0 bridgehead atoms. The third-order valence-electron chi connectivity index (χ3n) is 3.62. The number of carbonyl (C=O) groups is 1. The van der Waals surface area contributed by atoms with E-state index >= 15 is 0 Å². The van der Waals surface area contributed by atoms with Crippen molar-refractivity contribution in [1.82, 2.24) is 0 Å². The van der Waals surface area contributed by atoms with Crippen LogP contribution in [-0.2, 0) is 4.79 Å². The first-order chi connectivity index (χ1) is 6.18. The molecule has 13 heavy (non-hydrogen) atoms. The molecular formula is C12H18O. The monoisotopic (exact) mass is 178 g/mol. The van der Waals surface area contributed by atoms with Crippen molar-refractivity contribution in [3.05, 3.63) is 12.2 Å². The summed E-state index contributed by atoms with van der Waals surface area (Å²) in [4.78, 5) is 11.3. The zero-order valence-electron chi connectivity index (χ0n) is 8.49. The van der Waals surface area contributed by atoms with E-state index in [2.05, 4.69) is 26.0 Å². The van der Waals surface area contributed by atoms with Crippen LogP contribution in [0.5, 0.6) is 0 Å². The minimum atomic E-state index is 0.490. The summed E-state index contributed by atoms with van der Waals surface area (Å²) >= 11 is 0. The molecule has 2 aliphatic carbocycles. The van der Waals surface area contributed by atoms with Gasteiger partial charge in [-0.1, -0.05) is 26.0 Å². The molecule has 0 heterocycles. The SMILES string of the molecule is CC(C)[C@@H]1C=CC[C@@H]2CC(=O)C[C@@H]21. The third kappa shape index (κ3) is 1.56. The van der Waals surface area contributed by atoms with Gasteiger partial charge in [0, 0.05) is 12.8 Å². The fourth-order valence-corrected chi connectivity index (χ4v) is 2.94. The number of carbonyl (C=O) groups excluding carboxylic acids is 1. The number of hydrogen-bond acceptors (Lipinski definition) is 1. The molecule has 1 heteroatoms. The van der Waals surface area contributed by atoms with Gasteiger partial charge in [0.05, 0.1) is 0 Å². The molecule has 0 unspecified atom stereocenters. The van der Waals surface area contributed by atoms with E-state index < -0.39 is 0 Å². The van der Waals surface area contributed by atoms with Crippen LogP contribution in [0.1, 0.15) is 33.1 Å². The largest absolute Gasteiger partial charge is 0.300 e. The summed E-state index contributed by atoms with van der Waals surface area (Å²) in [6.07, 6.45) is 7.45. The predicted molar refractivity (Wildman–Crippen MR) is 53.3 cm³/mol. The zero-order valence-corrected chi connectivity index (χ0v) is 8.49. The molecule has 2 rings (SSSR count). The Bertz CT molecular complexity index is 240. The molecule has 1 fully saturated rings. The highest BCUT2D eigenvalue weighted by atomic mass is 16.1. The summed E-state index contributed by atoms with van der Waals surface area (Å²) in [6, 6.07) is 0. The molecule has 0 saturated heterocycles. The van der Waals surface area contributed by atoms with Crippen molar-refractivity contribution < 1.29 is 4.79 Å². The van der Waals surface area contributed by atoms with Crippen molar-refractivity contribution in [1.29, 1.82) is 0 Å². The number of allylic oxidation sites excluding steroid dienone is 2. The lowest BCUT2D eigenvalue weighted by molar-refractivity contribution is -0.117. The molecule has 0 spiro atoms. The van der Waals surface area contributed by atoms with Crippen LogP contribution in [0.25, 0.3) is 0 Å². The van der Waals surface area contributed by atoms with Crippen LogP contribution in [0, 0.1) is 23.7 Å². The Hall–Kier alpha value is -0.590. The van der Waals surface area contributed by atoms with Gasteiger partial charge in [0.2, 0.25) is 0 Å². The Morgan fingerprint density at radius 2 is 2.15 bits per heavy atom. The van der Waals surface area contributed by atoms with E-state index in [0.717, 1.165) is 19.3 Å². The van der Waals surface area contributed by atoms with Crippen molar-refractivity contribution in [3.8, 4) is 0 Å². The van der Waals surface area contributed by atoms with E-state index in [9.17, 15) is 4.79 Å². The maximum atomic E-state index is 11.3. The highest BCUT2D eigenvalue weighted by molar-refractivity contribution is 5.81. The van der Waals surface area contributed by atoms with Crippen LogP contribution < -0.4 is 0 Å². The van der Waals surface area contributed by atoms with Crippen LogP contribution in [0.4, 0.5) is 0 Å². The average Bonchev–Trinajstić information content (AvgIpc) is 2.43. The Morgan fingerprint density at radius 1 is 1.38 bits per heavy atom. The van der Waals surface area contributed by atoms with E-state index in [1.807, 2.05) is 0 Å². The van der Waals surface area contributed by atoms with Crippen molar-refractivity contribution >= 4 is 5.78 Å². The lowest BCUT2D eigenvalue weighted by atomic mass is 9.73. The Kier molecular flexibility index (Phi) is 2.27. The summed E-state index contributed by atoms with van der Waals surface area (Å²) in [5.74, 6) is 3.17. The second-order valence-corrected chi connectivity index (χ2v) is 4.86. The first-order valence-electron chi connectivity index (χ1n) is 5.37. The molecule has 2 aliphatic rings. The highest BCUT2D eigenvalue weighted by Gasteiger charge is 2.39. The highest BCUT2D eigenvalue weighted by Crippen LogP contribution is 2.43. The first kappa shape index (κ1) is 8.98. The van der Waals surface area contributed by atoms with E-state index in [0.29, 0.717) is 29.5 Å². The molecule has 72 valence electrons. The second kappa shape index (κ2) is 3.28. The lowest BCUT2D eigenvalue weighted by Gasteiger charge is -2.31. The van der Waals surface area contributed by atoms with E-state index in [4.69, 9.17) is 0 Å². The maximum absolute atomic E-state index is 11.3. The molecule has 0 aromatic rings. The number of fused-ring (bicyclic) bond motifs is 1. The van der Waals surface area contributed by atoms with Crippen molar-refractivity contribution in [2.24, 2.45) is 23.7 Å². The fraction of sp³-hybridized carbons (Fsp3) is 0.750. The molecule has 3 atom stereocenters. The maximum Gasteiger partial charge on any atom is 0.133 e. The zero-order chi connectivity index (χ0) is 9.42. The molecule has 1 saturated carbocycles. The van der Waals surface area contributed by atoms with Gasteiger partial charge in [-0.05, 0) is 30.1 Å². The normalized spacial score (nSPS) is 38.4. The van der Waals surface area contributed by atoms with E-state index in [1.165, 1.54) is 0 Å². The Labute approximate surface area is 80.2 Å². The third-order valence-corrected chi connectivity index (χ3v) is 3.62. The summed E-state index contributed by atoms with van der Waals surface area (Å²) in [7, 11) is 0. The van der Waals surface area contributed by atoms with Crippen LogP contribution in [0.2, 0.25) is 0 Å². The second-order valence-electron chi connectivity index (χ2n) is 4.86. The summed E-state index contributed by atoms with van der Waals surface area (Å²) in [5, 5.41) is 0. The van der Waals surface area contributed by atoms with Gasteiger partial charge in [-0.3, -0.25) is 4.79 Å².